The summed E-state index contributed by atoms with van der Waals surface area (Å²) in [4.78, 5) is 11.3. The molecular weight excluding hydrogens is 655 g/mol. The van der Waals surface area contributed by atoms with E-state index in [1.54, 1.807) is 19.2 Å². The summed E-state index contributed by atoms with van der Waals surface area (Å²) in [5, 5.41) is 20.3. The van der Waals surface area contributed by atoms with Gasteiger partial charge in [-0.25, -0.2) is 4.39 Å². The molecule has 214 valence electrons. The molecule has 0 saturated carbocycles. The van der Waals surface area contributed by atoms with Crippen LogP contribution in [0.25, 0.3) is 0 Å². The van der Waals surface area contributed by atoms with E-state index in [1.165, 1.54) is 18.2 Å². The number of aliphatic carboxylic acids is 1. The zero-order valence-electron chi connectivity index (χ0n) is 23.4. The molecule has 0 bridgehead atoms. The number of aromatic hydroxyl groups is 1. The van der Waals surface area contributed by atoms with E-state index in [2.05, 4.69) is 37.9 Å². The molecule has 41 heavy (non-hydrogen) atoms. The fourth-order valence-corrected chi connectivity index (χ4v) is 6.53. The van der Waals surface area contributed by atoms with Crippen LogP contribution < -0.4 is 9.47 Å². The quantitative estimate of drug-likeness (QED) is 0.172. The summed E-state index contributed by atoms with van der Waals surface area (Å²) in [6.45, 7) is 8.08. The Hall–Kier alpha value is -3.36. The molecular formula is C33H31Br2FO5. The molecule has 1 unspecified atom stereocenters. The molecule has 0 aliphatic carbocycles. The second-order valence-corrected chi connectivity index (χ2v) is 12.1. The highest BCUT2D eigenvalue weighted by atomic mass is 79.9. The Morgan fingerprint density at radius 3 is 2.05 bits per heavy atom. The number of hydrogen-bond donors (Lipinski definition) is 2. The minimum atomic E-state index is -0.942. The highest BCUT2D eigenvalue weighted by Gasteiger charge is 2.28. The average molecular weight is 686 g/mol. The third-order valence-electron chi connectivity index (χ3n) is 6.80. The summed E-state index contributed by atoms with van der Waals surface area (Å²) < 4.78 is 28.2. The molecule has 5 nitrogen and oxygen atoms in total. The van der Waals surface area contributed by atoms with Crippen LogP contribution in [0.15, 0.2) is 69.6 Å². The van der Waals surface area contributed by atoms with Gasteiger partial charge in [-0.2, -0.15) is 0 Å². The first-order valence-corrected chi connectivity index (χ1v) is 14.6. The van der Waals surface area contributed by atoms with E-state index in [0.717, 1.165) is 22.3 Å². The van der Waals surface area contributed by atoms with E-state index >= 15 is 0 Å². The largest absolute Gasteiger partial charge is 0.508 e. The first-order chi connectivity index (χ1) is 19.4. The van der Waals surface area contributed by atoms with E-state index in [9.17, 15) is 19.4 Å². The van der Waals surface area contributed by atoms with Gasteiger partial charge < -0.3 is 19.7 Å². The number of phenolic OH excluding ortho intramolecular Hbond substituents is 1. The van der Waals surface area contributed by atoms with Gasteiger partial charge >= 0.3 is 5.97 Å². The molecule has 0 amide bonds. The highest BCUT2D eigenvalue weighted by Crippen LogP contribution is 2.48. The third kappa shape index (κ3) is 6.93. The lowest BCUT2D eigenvalue weighted by atomic mass is 9.82. The van der Waals surface area contributed by atoms with E-state index in [-0.39, 0.29) is 18.1 Å². The van der Waals surface area contributed by atoms with Gasteiger partial charge in [0.25, 0.3) is 0 Å². The first kappa shape index (κ1) is 30.6. The molecule has 0 fully saturated rings. The van der Waals surface area contributed by atoms with Crippen molar-refractivity contribution in [3.63, 3.8) is 0 Å². The molecule has 4 rings (SSSR count). The summed E-state index contributed by atoms with van der Waals surface area (Å²) >= 11 is 7.10. The second-order valence-electron chi connectivity index (χ2n) is 10.4. The maximum absolute atomic E-state index is 14.7. The first-order valence-electron chi connectivity index (χ1n) is 13.0. The molecule has 0 aromatic heterocycles. The van der Waals surface area contributed by atoms with E-state index < -0.39 is 17.7 Å². The van der Waals surface area contributed by atoms with Gasteiger partial charge in [-0.1, -0.05) is 43.2 Å². The molecule has 0 aliphatic rings. The normalized spacial score (nSPS) is 11.9. The number of carboxylic acid groups (broad SMARTS) is 1. The van der Waals surface area contributed by atoms with Gasteiger partial charge in [0.1, 0.15) is 23.1 Å². The van der Waals surface area contributed by atoms with Gasteiger partial charge in [-0.3, -0.25) is 4.79 Å². The van der Waals surface area contributed by atoms with Crippen LogP contribution in [-0.2, 0) is 11.2 Å². The van der Waals surface area contributed by atoms with Gasteiger partial charge in [0.2, 0.25) is 0 Å². The molecule has 0 radical (unpaired) electrons. The van der Waals surface area contributed by atoms with Crippen molar-refractivity contribution < 1.29 is 28.9 Å². The van der Waals surface area contributed by atoms with Gasteiger partial charge in [0.15, 0.2) is 5.75 Å². The maximum atomic E-state index is 14.7. The van der Waals surface area contributed by atoms with Crippen molar-refractivity contribution in [3.05, 3.63) is 114 Å². The van der Waals surface area contributed by atoms with Crippen molar-refractivity contribution in [3.8, 4) is 23.0 Å². The number of methoxy groups -OCH3 is 1. The summed E-state index contributed by atoms with van der Waals surface area (Å²) in [6, 6.07) is 17.2. The Balaban J connectivity index is 2.02. The number of phenols is 1. The molecule has 2 N–H and O–H groups in total. The molecule has 4 aromatic rings. The number of ether oxygens (including phenoxy) is 2. The van der Waals surface area contributed by atoms with Crippen molar-refractivity contribution in [2.45, 2.75) is 46.0 Å². The summed E-state index contributed by atoms with van der Waals surface area (Å²) in [7, 11) is 1.60. The van der Waals surface area contributed by atoms with Crippen LogP contribution in [0.2, 0.25) is 0 Å². The smallest absolute Gasteiger partial charge is 0.307 e. The van der Waals surface area contributed by atoms with Crippen molar-refractivity contribution in [2.24, 2.45) is 0 Å². The van der Waals surface area contributed by atoms with Crippen LogP contribution in [0, 0.1) is 19.7 Å². The number of benzene rings is 4. The number of carboxylic acids is 1. The molecule has 0 saturated heterocycles. The summed E-state index contributed by atoms with van der Waals surface area (Å²) in [6.07, 6.45) is -0.142. The standard InChI is InChI=1S/C33H31Br2FO5/c1-17(2)23-15-30(41-33-26(34)11-20(12-27(33)35)13-31(38)39)25(16-29(23)40-5)32(21-9-18(3)8-19(4)10-21)24-14-22(36)6-7-28(24)37/h6-12,14-17,32,37H,13H2,1-5H3,(H,38,39). The van der Waals surface area contributed by atoms with Crippen LogP contribution >= 0.6 is 31.9 Å². The fraction of sp³-hybridized carbons (Fsp3) is 0.242. The third-order valence-corrected chi connectivity index (χ3v) is 7.98. The van der Waals surface area contributed by atoms with Crippen molar-refractivity contribution in [1.82, 2.24) is 0 Å². The molecule has 8 heteroatoms. The molecule has 0 spiro atoms. The van der Waals surface area contributed by atoms with Crippen molar-refractivity contribution in [2.75, 3.05) is 7.11 Å². The van der Waals surface area contributed by atoms with E-state index in [0.29, 0.717) is 42.9 Å². The van der Waals surface area contributed by atoms with Gasteiger partial charge in [-0.05, 0) is 105 Å². The Bertz CT molecular complexity index is 1570. The predicted molar refractivity (Wildman–Crippen MR) is 165 cm³/mol. The molecule has 0 aliphatic heterocycles. The summed E-state index contributed by atoms with van der Waals surface area (Å²) in [5.41, 5.74) is 5.44. The monoisotopic (exact) mass is 684 g/mol. The molecule has 1 atom stereocenters. The van der Waals surface area contributed by atoms with Crippen molar-refractivity contribution in [1.29, 1.82) is 0 Å². The Kier molecular flexibility index (Phi) is 9.44. The summed E-state index contributed by atoms with van der Waals surface area (Å²) in [5.74, 6) is -0.414. The zero-order chi connectivity index (χ0) is 30.0. The predicted octanol–water partition coefficient (Wildman–Crippen LogP) is 9.40. The number of rotatable bonds is 9. The number of halogens is 3. The van der Waals surface area contributed by atoms with Gasteiger partial charge in [0.05, 0.1) is 22.5 Å². The zero-order valence-corrected chi connectivity index (χ0v) is 26.6. The van der Waals surface area contributed by atoms with Crippen LogP contribution in [-0.4, -0.2) is 23.3 Å². The average Bonchev–Trinajstić information content (AvgIpc) is 2.87. The SMILES string of the molecule is COc1cc(C(c2cc(C)cc(C)c2)c2cc(F)ccc2O)c(Oc2c(Br)cc(CC(=O)O)cc2Br)cc1C(C)C. The molecule has 0 heterocycles. The minimum Gasteiger partial charge on any atom is -0.508 e. The van der Waals surface area contributed by atoms with Crippen molar-refractivity contribution >= 4 is 37.8 Å². The van der Waals surface area contributed by atoms with Crippen LogP contribution in [0.4, 0.5) is 4.39 Å². The topological polar surface area (TPSA) is 76.0 Å². The van der Waals surface area contributed by atoms with E-state index in [4.69, 9.17) is 9.47 Å². The lowest BCUT2D eigenvalue weighted by molar-refractivity contribution is -0.136. The number of carbonyl (C=O) groups is 1. The Morgan fingerprint density at radius 2 is 1.49 bits per heavy atom. The van der Waals surface area contributed by atoms with Gasteiger partial charge in [-0.15, -0.1) is 0 Å². The van der Waals surface area contributed by atoms with Gasteiger partial charge in [0, 0.05) is 22.6 Å². The maximum Gasteiger partial charge on any atom is 0.307 e. The Morgan fingerprint density at radius 1 is 0.878 bits per heavy atom. The minimum absolute atomic E-state index is 0.0474. The highest BCUT2D eigenvalue weighted by molar-refractivity contribution is 9.11. The van der Waals surface area contributed by atoms with Crippen LogP contribution in [0.1, 0.15) is 64.6 Å². The fourth-order valence-electron chi connectivity index (χ4n) is 5.09. The Labute approximate surface area is 256 Å². The molecule has 4 aromatic carbocycles. The van der Waals surface area contributed by atoms with E-state index in [1.807, 2.05) is 52.0 Å². The van der Waals surface area contributed by atoms with Crippen LogP contribution in [0.5, 0.6) is 23.0 Å². The second kappa shape index (κ2) is 12.7. The number of aryl methyl sites for hydroxylation is 2. The lowest BCUT2D eigenvalue weighted by Gasteiger charge is -2.26. The lowest BCUT2D eigenvalue weighted by Crippen LogP contribution is -2.09. The van der Waals surface area contributed by atoms with Crippen LogP contribution in [0.3, 0.4) is 0 Å². The number of hydrogen-bond acceptors (Lipinski definition) is 4.